The number of aromatic nitrogens is 2. The normalized spacial score (nSPS) is 20.0. The Balaban J connectivity index is 1.42. The van der Waals surface area contributed by atoms with Crippen molar-refractivity contribution in [2.45, 2.75) is 58.2 Å². The number of rotatable bonds is 6. The fraction of sp³-hybridized carbons (Fsp3) is 0.750. The summed E-state index contributed by atoms with van der Waals surface area (Å²) in [6.45, 7) is 5.87. The highest BCUT2D eigenvalue weighted by atomic mass is 16.2. The second kappa shape index (κ2) is 6.60. The highest BCUT2D eigenvalue weighted by Gasteiger charge is 2.34. The number of carbonyl (C=O) groups excluding carboxylic acids is 1. The lowest BCUT2D eigenvalue weighted by Gasteiger charge is -2.32. The third kappa shape index (κ3) is 3.64. The molecular formula is C16H26N4O. The molecule has 2 aliphatic rings. The molecule has 0 radical (unpaired) electrons. The molecule has 1 amide bonds. The van der Waals surface area contributed by atoms with Crippen molar-refractivity contribution in [1.82, 2.24) is 20.0 Å². The molecule has 0 aromatic carbocycles. The molecule has 2 heterocycles. The number of nitrogens with zero attached hydrogens (tertiary/aromatic N) is 3. The number of likely N-dealkylation sites (tertiary alicyclic amines) is 1. The number of amides is 1. The summed E-state index contributed by atoms with van der Waals surface area (Å²) in [6, 6.07) is 2.62. The topological polar surface area (TPSA) is 50.2 Å². The average molecular weight is 290 g/mol. The van der Waals surface area contributed by atoms with Gasteiger partial charge in [0.05, 0.1) is 5.69 Å². The van der Waals surface area contributed by atoms with E-state index >= 15 is 0 Å². The van der Waals surface area contributed by atoms with E-state index in [1.807, 2.05) is 6.20 Å². The molecule has 5 heteroatoms. The van der Waals surface area contributed by atoms with Gasteiger partial charge >= 0.3 is 0 Å². The number of hydrogen-bond acceptors (Lipinski definition) is 3. The molecule has 0 unspecified atom stereocenters. The highest BCUT2D eigenvalue weighted by Crippen LogP contribution is 2.31. The summed E-state index contributed by atoms with van der Waals surface area (Å²) in [4.78, 5) is 14.1. The summed E-state index contributed by atoms with van der Waals surface area (Å²) in [5.74, 6) is 0.757. The van der Waals surface area contributed by atoms with Gasteiger partial charge in [-0.15, -0.1) is 0 Å². The molecule has 116 valence electrons. The predicted octanol–water partition coefficient (Wildman–Crippen LogP) is 1.78. The zero-order valence-corrected chi connectivity index (χ0v) is 12.9. The standard InChI is InChI=1S/C16H26N4O/c1-2-9-20-15(5-8-18-20)12-17-14-6-10-19(11-7-14)16(21)13-3-4-13/h5,8,13-14,17H,2-4,6-7,9-12H2,1H3. The van der Waals surface area contributed by atoms with E-state index in [0.29, 0.717) is 17.9 Å². The van der Waals surface area contributed by atoms with Gasteiger partial charge in [-0.2, -0.15) is 5.10 Å². The first-order chi connectivity index (χ1) is 10.3. The first-order valence-electron chi connectivity index (χ1n) is 8.30. The van der Waals surface area contributed by atoms with Gasteiger partial charge < -0.3 is 10.2 Å². The molecule has 0 spiro atoms. The van der Waals surface area contributed by atoms with Gasteiger partial charge in [0, 0.05) is 44.3 Å². The number of nitrogens with one attached hydrogen (secondary N) is 1. The molecule has 3 rings (SSSR count). The van der Waals surface area contributed by atoms with Gasteiger partial charge in [-0.05, 0) is 38.2 Å². The van der Waals surface area contributed by atoms with Gasteiger partial charge in [0.15, 0.2) is 0 Å². The molecule has 2 fully saturated rings. The Kier molecular flexibility index (Phi) is 4.58. The second-order valence-corrected chi connectivity index (χ2v) is 6.30. The minimum atomic E-state index is 0.359. The molecule has 1 aromatic rings. The summed E-state index contributed by atoms with van der Waals surface area (Å²) < 4.78 is 2.08. The monoisotopic (exact) mass is 290 g/mol. The van der Waals surface area contributed by atoms with E-state index in [4.69, 9.17) is 0 Å². The Bertz CT molecular complexity index is 472. The van der Waals surface area contributed by atoms with Crippen LogP contribution in [0.15, 0.2) is 12.3 Å². The first kappa shape index (κ1) is 14.6. The Hall–Kier alpha value is -1.36. The van der Waals surface area contributed by atoms with E-state index < -0.39 is 0 Å². The molecule has 1 saturated heterocycles. The van der Waals surface area contributed by atoms with Crippen LogP contribution in [-0.2, 0) is 17.9 Å². The van der Waals surface area contributed by atoms with Crippen LogP contribution in [0.5, 0.6) is 0 Å². The molecular weight excluding hydrogens is 264 g/mol. The van der Waals surface area contributed by atoms with Crippen molar-refractivity contribution < 1.29 is 4.79 Å². The fourth-order valence-corrected chi connectivity index (χ4v) is 3.06. The van der Waals surface area contributed by atoms with Crippen molar-refractivity contribution in [2.75, 3.05) is 13.1 Å². The minimum absolute atomic E-state index is 0.359. The lowest BCUT2D eigenvalue weighted by atomic mass is 10.0. The van der Waals surface area contributed by atoms with E-state index in [0.717, 1.165) is 58.3 Å². The van der Waals surface area contributed by atoms with Crippen LogP contribution in [0.2, 0.25) is 0 Å². The van der Waals surface area contributed by atoms with Crippen LogP contribution in [0.4, 0.5) is 0 Å². The highest BCUT2D eigenvalue weighted by molar-refractivity contribution is 5.81. The summed E-state index contributed by atoms with van der Waals surface area (Å²) in [5.41, 5.74) is 1.26. The molecule has 0 bridgehead atoms. The third-order valence-electron chi connectivity index (χ3n) is 4.54. The average Bonchev–Trinajstić information content (AvgIpc) is 3.27. The molecule has 5 nitrogen and oxygen atoms in total. The van der Waals surface area contributed by atoms with Gasteiger partial charge in [-0.25, -0.2) is 0 Å². The quantitative estimate of drug-likeness (QED) is 0.869. The Morgan fingerprint density at radius 1 is 1.33 bits per heavy atom. The number of piperidine rings is 1. The lowest BCUT2D eigenvalue weighted by molar-refractivity contribution is -0.133. The van der Waals surface area contributed by atoms with Crippen LogP contribution in [-0.4, -0.2) is 39.7 Å². The number of aryl methyl sites for hydroxylation is 1. The van der Waals surface area contributed by atoms with Crippen molar-refractivity contribution in [1.29, 1.82) is 0 Å². The molecule has 0 atom stereocenters. The zero-order chi connectivity index (χ0) is 14.7. The van der Waals surface area contributed by atoms with Crippen molar-refractivity contribution in [3.63, 3.8) is 0 Å². The molecule has 1 saturated carbocycles. The SMILES string of the molecule is CCCn1nccc1CNC1CCN(C(=O)C2CC2)CC1. The van der Waals surface area contributed by atoms with Gasteiger partial charge in [0.1, 0.15) is 0 Å². The van der Waals surface area contributed by atoms with Crippen LogP contribution in [0.3, 0.4) is 0 Å². The lowest BCUT2D eigenvalue weighted by Crippen LogP contribution is -2.45. The molecule has 1 aromatic heterocycles. The van der Waals surface area contributed by atoms with Crippen molar-refractivity contribution in [3.05, 3.63) is 18.0 Å². The Morgan fingerprint density at radius 2 is 2.10 bits per heavy atom. The largest absolute Gasteiger partial charge is 0.342 e. The van der Waals surface area contributed by atoms with Crippen LogP contribution in [0.25, 0.3) is 0 Å². The summed E-state index contributed by atoms with van der Waals surface area (Å²) in [6.07, 6.45) is 7.34. The molecule has 1 N–H and O–H groups in total. The van der Waals surface area contributed by atoms with E-state index in [2.05, 4.69) is 33.0 Å². The van der Waals surface area contributed by atoms with E-state index in [9.17, 15) is 4.79 Å². The number of hydrogen-bond donors (Lipinski definition) is 1. The molecule has 21 heavy (non-hydrogen) atoms. The first-order valence-corrected chi connectivity index (χ1v) is 8.30. The fourth-order valence-electron chi connectivity index (χ4n) is 3.06. The predicted molar refractivity (Wildman–Crippen MR) is 81.7 cm³/mol. The zero-order valence-electron chi connectivity index (χ0n) is 12.9. The van der Waals surface area contributed by atoms with E-state index in [1.54, 1.807) is 0 Å². The third-order valence-corrected chi connectivity index (χ3v) is 4.54. The summed E-state index contributed by atoms with van der Waals surface area (Å²) in [5, 5.41) is 7.98. The van der Waals surface area contributed by atoms with Crippen LogP contribution < -0.4 is 5.32 Å². The summed E-state index contributed by atoms with van der Waals surface area (Å²) >= 11 is 0. The van der Waals surface area contributed by atoms with Crippen LogP contribution >= 0.6 is 0 Å². The molecule has 1 aliphatic heterocycles. The van der Waals surface area contributed by atoms with Crippen LogP contribution in [0, 0.1) is 5.92 Å². The summed E-state index contributed by atoms with van der Waals surface area (Å²) in [7, 11) is 0. The second-order valence-electron chi connectivity index (χ2n) is 6.30. The maximum absolute atomic E-state index is 12.0. The van der Waals surface area contributed by atoms with Gasteiger partial charge in [0.2, 0.25) is 5.91 Å². The van der Waals surface area contributed by atoms with Gasteiger partial charge in [-0.3, -0.25) is 9.48 Å². The minimum Gasteiger partial charge on any atom is -0.342 e. The maximum atomic E-state index is 12.0. The van der Waals surface area contributed by atoms with Crippen LogP contribution in [0.1, 0.15) is 44.7 Å². The number of carbonyl (C=O) groups is 1. The smallest absolute Gasteiger partial charge is 0.225 e. The van der Waals surface area contributed by atoms with E-state index in [-0.39, 0.29) is 0 Å². The van der Waals surface area contributed by atoms with E-state index in [1.165, 1.54) is 5.69 Å². The molecule has 1 aliphatic carbocycles. The van der Waals surface area contributed by atoms with Crippen molar-refractivity contribution in [2.24, 2.45) is 5.92 Å². The van der Waals surface area contributed by atoms with Crippen molar-refractivity contribution in [3.8, 4) is 0 Å². The van der Waals surface area contributed by atoms with Gasteiger partial charge in [0.25, 0.3) is 0 Å². The Morgan fingerprint density at radius 3 is 2.76 bits per heavy atom. The van der Waals surface area contributed by atoms with Crippen molar-refractivity contribution >= 4 is 5.91 Å². The maximum Gasteiger partial charge on any atom is 0.225 e. The van der Waals surface area contributed by atoms with Gasteiger partial charge in [-0.1, -0.05) is 6.92 Å². The Labute approximate surface area is 126 Å².